The molecule has 196 valence electrons. The molecule has 1 spiro atoms. The normalized spacial score (nSPS) is 60.4. The predicted octanol–water partition coefficient (Wildman–Crippen LogP) is 6.33. The average molecular weight is 484 g/mol. The van der Waals surface area contributed by atoms with Crippen LogP contribution in [0.3, 0.4) is 0 Å². The molecule has 1 aliphatic heterocycles. The van der Waals surface area contributed by atoms with E-state index in [4.69, 9.17) is 0 Å². The second-order valence-corrected chi connectivity index (χ2v) is 14.9. The van der Waals surface area contributed by atoms with E-state index in [1.54, 1.807) is 0 Å². The van der Waals surface area contributed by atoms with Gasteiger partial charge in [-0.3, -0.25) is 10.1 Å². The van der Waals surface area contributed by atoms with Crippen molar-refractivity contribution in [2.45, 2.75) is 128 Å². The Balaban J connectivity index is 1.39. The van der Waals surface area contributed by atoms with Crippen LogP contribution in [0, 0.1) is 45.3 Å². The number of carbonyl (C=O) groups is 1. The molecular weight excluding hydrogens is 434 g/mol. The fourth-order valence-corrected chi connectivity index (χ4v) is 12.5. The maximum Gasteiger partial charge on any atom is 0.309 e. The number of carboxylic acids is 1. The molecular formula is C31H49NO3. The summed E-state index contributed by atoms with van der Waals surface area (Å²) in [4.78, 5) is 12.8. The Hall–Kier alpha value is -0.870. The summed E-state index contributed by atoms with van der Waals surface area (Å²) in [5.41, 5.74) is -0.810. The Bertz CT molecular complexity index is 965. The van der Waals surface area contributed by atoms with Crippen LogP contribution in [0.4, 0.5) is 0 Å². The van der Waals surface area contributed by atoms with Crippen molar-refractivity contribution in [3.05, 3.63) is 12.7 Å². The zero-order valence-corrected chi connectivity index (χ0v) is 22.9. The van der Waals surface area contributed by atoms with Crippen LogP contribution in [0.5, 0.6) is 0 Å². The molecule has 4 heteroatoms. The topological polar surface area (TPSA) is 79.5 Å². The monoisotopic (exact) mass is 483 g/mol. The Kier molecular flexibility index (Phi) is 4.86. The number of carboxylic acid groups (broad SMARTS) is 1. The van der Waals surface area contributed by atoms with Crippen LogP contribution in [-0.4, -0.2) is 32.9 Å². The van der Waals surface area contributed by atoms with Crippen LogP contribution < -0.4 is 5.32 Å². The highest BCUT2D eigenvalue weighted by Gasteiger charge is 2.85. The Morgan fingerprint density at radius 2 is 1.63 bits per heavy atom. The lowest BCUT2D eigenvalue weighted by molar-refractivity contribution is -0.229. The van der Waals surface area contributed by atoms with Gasteiger partial charge in [0.2, 0.25) is 0 Å². The smallest absolute Gasteiger partial charge is 0.309 e. The quantitative estimate of drug-likeness (QED) is 0.322. The molecule has 0 radical (unpaired) electrons. The number of rotatable bonds is 4. The molecule has 5 saturated carbocycles. The molecule has 3 N–H and O–H groups in total. The number of fused-ring (bicyclic) bond motifs is 6. The standard InChI is InChI=1S/C31H49NO3/c1-7-12-30(35)18-15-27(5)22-10-9-21-23-20(8-2)11-13-29(23,24(33)34)17-14-25(21,3)26(22,4)16-19-31(27)28(30,6)32-31/h7,20-23,32,35H,1,8-19H2,2-6H3,(H,33,34)/t20-,21+,22+,23+,25-,26-,27-,28?,29+,30+,31+/m1/s1. The highest BCUT2D eigenvalue weighted by atomic mass is 16.4. The van der Waals surface area contributed by atoms with Gasteiger partial charge in [-0.15, -0.1) is 6.58 Å². The second-order valence-electron chi connectivity index (χ2n) is 14.9. The van der Waals surface area contributed by atoms with Crippen molar-refractivity contribution in [3.8, 4) is 0 Å². The number of aliphatic carboxylic acids is 1. The van der Waals surface area contributed by atoms with Crippen LogP contribution in [0.1, 0.15) is 112 Å². The highest BCUT2D eigenvalue weighted by molar-refractivity contribution is 5.76. The SMILES string of the molecule is C=CC[C@]1(O)CC[C@]2(C)[C@H]3CC[C@H]4[C@@H]5[C@H](CC)CC[C@]5(C(=O)O)CC[C@@]4(C)[C@]3(C)CC[C@]23NC13C. The third kappa shape index (κ3) is 2.42. The van der Waals surface area contributed by atoms with E-state index < -0.39 is 17.0 Å². The van der Waals surface area contributed by atoms with Gasteiger partial charge in [0.1, 0.15) is 0 Å². The molecule has 35 heavy (non-hydrogen) atoms. The maximum absolute atomic E-state index is 12.8. The van der Waals surface area contributed by atoms with Gasteiger partial charge in [-0.25, -0.2) is 0 Å². The molecule has 0 bridgehead atoms. The minimum atomic E-state index is -0.701. The van der Waals surface area contributed by atoms with Crippen molar-refractivity contribution in [1.82, 2.24) is 5.32 Å². The molecule has 5 aliphatic carbocycles. The first-order valence-electron chi connectivity index (χ1n) is 14.7. The molecule has 0 amide bonds. The summed E-state index contributed by atoms with van der Waals surface area (Å²) < 4.78 is 0. The minimum Gasteiger partial charge on any atom is -0.481 e. The van der Waals surface area contributed by atoms with Gasteiger partial charge in [-0.1, -0.05) is 40.2 Å². The fourth-order valence-electron chi connectivity index (χ4n) is 12.5. The molecule has 6 aliphatic rings. The molecule has 1 unspecified atom stereocenters. The summed E-state index contributed by atoms with van der Waals surface area (Å²) in [6, 6.07) is 0. The van der Waals surface area contributed by atoms with E-state index in [0.29, 0.717) is 30.1 Å². The number of hydrogen-bond donors (Lipinski definition) is 3. The van der Waals surface area contributed by atoms with Crippen LogP contribution in [0.25, 0.3) is 0 Å². The van der Waals surface area contributed by atoms with E-state index in [2.05, 4.69) is 46.5 Å². The maximum atomic E-state index is 12.8. The van der Waals surface area contributed by atoms with Crippen molar-refractivity contribution < 1.29 is 15.0 Å². The zero-order chi connectivity index (χ0) is 25.3. The molecule has 6 rings (SSSR count). The van der Waals surface area contributed by atoms with E-state index in [-0.39, 0.29) is 27.3 Å². The predicted molar refractivity (Wildman–Crippen MR) is 139 cm³/mol. The summed E-state index contributed by atoms with van der Waals surface area (Å²) in [7, 11) is 0. The molecule has 1 heterocycles. The van der Waals surface area contributed by atoms with Gasteiger partial charge in [0.15, 0.2) is 0 Å². The lowest BCUT2D eigenvalue weighted by atomic mass is 9.32. The first kappa shape index (κ1) is 24.5. The third-order valence-electron chi connectivity index (χ3n) is 14.7. The van der Waals surface area contributed by atoms with E-state index >= 15 is 0 Å². The Morgan fingerprint density at radius 3 is 2.29 bits per heavy atom. The lowest BCUT2D eigenvalue weighted by Crippen LogP contribution is -2.69. The van der Waals surface area contributed by atoms with Gasteiger partial charge >= 0.3 is 5.97 Å². The van der Waals surface area contributed by atoms with E-state index in [0.717, 1.165) is 51.4 Å². The Labute approximate surface area is 212 Å². The largest absolute Gasteiger partial charge is 0.481 e. The van der Waals surface area contributed by atoms with Gasteiger partial charge in [0.05, 0.1) is 16.6 Å². The summed E-state index contributed by atoms with van der Waals surface area (Å²) in [6.45, 7) is 16.3. The molecule has 11 atom stereocenters. The van der Waals surface area contributed by atoms with E-state index in [1.807, 2.05) is 6.08 Å². The van der Waals surface area contributed by atoms with Crippen LogP contribution in [0.15, 0.2) is 12.7 Å². The third-order valence-corrected chi connectivity index (χ3v) is 14.7. The van der Waals surface area contributed by atoms with Crippen molar-refractivity contribution in [1.29, 1.82) is 0 Å². The van der Waals surface area contributed by atoms with Gasteiger partial charge in [-0.2, -0.15) is 0 Å². The van der Waals surface area contributed by atoms with Gasteiger partial charge in [-0.05, 0) is 117 Å². The van der Waals surface area contributed by atoms with Crippen molar-refractivity contribution in [2.24, 2.45) is 45.3 Å². The number of nitrogens with one attached hydrogen (secondary N) is 1. The zero-order valence-electron chi connectivity index (χ0n) is 22.9. The molecule has 0 aromatic carbocycles. The number of hydrogen-bond acceptors (Lipinski definition) is 3. The average Bonchev–Trinajstić information content (AvgIpc) is 3.28. The highest BCUT2D eigenvalue weighted by Crippen LogP contribution is 2.80. The Morgan fingerprint density at radius 1 is 0.943 bits per heavy atom. The first-order valence-corrected chi connectivity index (χ1v) is 14.7. The van der Waals surface area contributed by atoms with Gasteiger partial charge in [0, 0.05) is 5.54 Å². The van der Waals surface area contributed by atoms with E-state index in [1.165, 1.54) is 19.3 Å². The summed E-state index contributed by atoms with van der Waals surface area (Å²) >= 11 is 0. The van der Waals surface area contributed by atoms with Crippen molar-refractivity contribution in [3.63, 3.8) is 0 Å². The fraction of sp³-hybridized carbons (Fsp3) is 0.903. The van der Waals surface area contributed by atoms with Crippen LogP contribution in [0.2, 0.25) is 0 Å². The molecule has 6 fully saturated rings. The van der Waals surface area contributed by atoms with Crippen LogP contribution >= 0.6 is 0 Å². The molecule has 0 aromatic rings. The minimum absolute atomic E-state index is 0.0161. The molecule has 1 saturated heterocycles. The molecule has 0 aromatic heterocycles. The van der Waals surface area contributed by atoms with Crippen LogP contribution in [-0.2, 0) is 4.79 Å². The molecule has 4 nitrogen and oxygen atoms in total. The van der Waals surface area contributed by atoms with E-state index in [9.17, 15) is 15.0 Å². The summed E-state index contributed by atoms with van der Waals surface area (Å²) in [5, 5.41) is 26.2. The second kappa shape index (κ2) is 6.95. The lowest BCUT2D eigenvalue weighted by Gasteiger charge is -2.71. The number of aliphatic hydroxyl groups is 1. The van der Waals surface area contributed by atoms with Crippen molar-refractivity contribution in [2.75, 3.05) is 0 Å². The van der Waals surface area contributed by atoms with Gasteiger partial charge in [0.25, 0.3) is 0 Å². The first-order chi connectivity index (χ1) is 16.3. The summed E-state index contributed by atoms with van der Waals surface area (Å²) in [6.07, 6.45) is 14.3. The summed E-state index contributed by atoms with van der Waals surface area (Å²) in [5.74, 6) is 1.55. The van der Waals surface area contributed by atoms with Crippen molar-refractivity contribution >= 4 is 5.97 Å². The van der Waals surface area contributed by atoms with Gasteiger partial charge < -0.3 is 10.2 Å².